The molecule has 0 radical (unpaired) electrons. The Kier molecular flexibility index (Phi) is 2.92. The number of nitrogens with zero attached hydrogens (tertiary/aromatic N) is 1. The van der Waals surface area contributed by atoms with Crippen LogP contribution in [0.3, 0.4) is 0 Å². The summed E-state index contributed by atoms with van der Waals surface area (Å²) in [6.07, 6.45) is 0.675. The second-order valence-corrected chi connectivity index (χ2v) is 4.29. The van der Waals surface area contributed by atoms with Crippen molar-refractivity contribution in [2.75, 3.05) is 0 Å². The highest BCUT2D eigenvalue weighted by Gasteiger charge is 2.34. The average molecular weight is 222 g/mol. The van der Waals surface area contributed by atoms with Crippen LogP contribution in [0.25, 0.3) is 0 Å². The summed E-state index contributed by atoms with van der Waals surface area (Å²) in [5.74, 6) is -0.321. The lowest BCUT2D eigenvalue weighted by Crippen LogP contribution is -2.35. The summed E-state index contributed by atoms with van der Waals surface area (Å²) >= 11 is 0. The van der Waals surface area contributed by atoms with Crippen LogP contribution in [-0.4, -0.2) is 22.9 Å². The standard InChI is InChI=1S/C12H15FN2O/c1-8-5-11(14)12(16)15(8)7-9-3-2-4-10(13)6-9/h2-4,6,8,11H,5,7,14H2,1H3/t8-,11+/m1/s1. The molecule has 1 amide bonds. The van der Waals surface area contributed by atoms with E-state index >= 15 is 0 Å². The van der Waals surface area contributed by atoms with Crippen molar-refractivity contribution in [3.63, 3.8) is 0 Å². The first-order valence-electron chi connectivity index (χ1n) is 5.38. The lowest BCUT2D eigenvalue weighted by atomic mass is 10.2. The van der Waals surface area contributed by atoms with E-state index in [1.807, 2.05) is 13.0 Å². The first-order valence-corrected chi connectivity index (χ1v) is 5.38. The van der Waals surface area contributed by atoms with E-state index in [2.05, 4.69) is 0 Å². The third-order valence-corrected chi connectivity index (χ3v) is 2.97. The molecular formula is C12H15FN2O. The van der Waals surface area contributed by atoms with Crippen LogP contribution in [0.15, 0.2) is 24.3 Å². The summed E-state index contributed by atoms with van der Waals surface area (Å²) in [6.45, 7) is 2.40. The minimum absolute atomic E-state index is 0.0447. The van der Waals surface area contributed by atoms with Crippen LogP contribution in [0.5, 0.6) is 0 Å². The Morgan fingerprint density at radius 2 is 2.31 bits per heavy atom. The van der Waals surface area contributed by atoms with Gasteiger partial charge in [-0.3, -0.25) is 4.79 Å². The highest BCUT2D eigenvalue weighted by atomic mass is 19.1. The number of carbonyl (C=O) groups excluding carboxylic acids is 1. The summed E-state index contributed by atoms with van der Waals surface area (Å²) < 4.78 is 13.0. The summed E-state index contributed by atoms with van der Waals surface area (Å²) in [7, 11) is 0. The fourth-order valence-corrected chi connectivity index (χ4v) is 2.09. The summed E-state index contributed by atoms with van der Waals surface area (Å²) in [4.78, 5) is 13.4. The van der Waals surface area contributed by atoms with Crippen LogP contribution in [0, 0.1) is 5.82 Å². The first kappa shape index (κ1) is 11.1. The maximum absolute atomic E-state index is 13.0. The predicted molar refractivity (Wildman–Crippen MR) is 59.0 cm³/mol. The van der Waals surface area contributed by atoms with Crippen molar-refractivity contribution in [1.82, 2.24) is 4.90 Å². The molecule has 4 heteroatoms. The molecule has 1 fully saturated rings. The Labute approximate surface area is 94.0 Å². The molecule has 1 aliphatic heterocycles. The van der Waals surface area contributed by atoms with Gasteiger partial charge in [-0.05, 0) is 31.0 Å². The quantitative estimate of drug-likeness (QED) is 0.819. The molecule has 86 valence electrons. The minimum atomic E-state index is -0.399. The van der Waals surface area contributed by atoms with E-state index in [1.165, 1.54) is 12.1 Å². The van der Waals surface area contributed by atoms with Crippen LogP contribution in [0.1, 0.15) is 18.9 Å². The van der Waals surface area contributed by atoms with Gasteiger partial charge >= 0.3 is 0 Å². The minimum Gasteiger partial charge on any atom is -0.334 e. The number of halogens is 1. The van der Waals surface area contributed by atoms with E-state index in [0.717, 1.165) is 5.56 Å². The fraction of sp³-hybridized carbons (Fsp3) is 0.417. The topological polar surface area (TPSA) is 46.3 Å². The van der Waals surface area contributed by atoms with Crippen molar-refractivity contribution in [1.29, 1.82) is 0 Å². The molecule has 0 aliphatic carbocycles. The first-order chi connectivity index (χ1) is 7.58. The zero-order valence-corrected chi connectivity index (χ0v) is 9.19. The average Bonchev–Trinajstić information content (AvgIpc) is 2.45. The van der Waals surface area contributed by atoms with Crippen molar-refractivity contribution in [2.24, 2.45) is 5.73 Å². The molecule has 0 bridgehead atoms. The maximum Gasteiger partial charge on any atom is 0.240 e. The largest absolute Gasteiger partial charge is 0.334 e. The highest BCUT2D eigenvalue weighted by molar-refractivity contribution is 5.84. The van der Waals surface area contributed by atoms with Gasteiger partial charge in [-0.2, -0.15) is 0 Å². The molecule has 3 nitrogen and oxygen atoms in total. The number of hydrogen-bond donors (Lipinski definition) is 1. The molecule has 1 aromatic rings. The van der Waals surface area contributed by atoms with Crippen LogP contribution < -0.4 is 5.73 Å². The molecule has 1 heterocycles. The zero-order chi connectivity index (χ0) is 11.7. The van der Waals surface area contributed by atoms with Crippen molar-refractivity contribution < 1.29 is 9.18 Å². The van der Waals surface area contributed by atoms with Crippen molar-refractivity contribution in [3.8, 4) is 0 Å². The molecule has 2 N–H and O–H groups in total. The lowest BCUT2D eigenvalue weighted by Gasteiger charge is -2.21. The number of carbonyl (C=O) groups is 1. The van der Waals surface area contributed by atoms with E-state index in [0.29, 0.717) is 13.0 Å². The SMILES string of the molecule is C[C@@H]1C[C@H](N)C(=O)N1Cc1cccc(F)c1. The molecule has 16 heavy (non-hydrogen) atoms. The number of amides is 1. The van der Waals surface area contributed by atoms with E-state index < -0.39 is 6.04 Å². The second kappa shape index (κ2) is 4.22. The van der Waals surface area contributed by atoms with Gasteiger partial charge in [0.2, 0.25) is 5.91 Å². The molecule has 1 aromatic carbocycles. The van der Waals surface area contributed by atoms with Crippen LogP contribution in [-0.2, 0) is 11.3 Å². The molecule has 2 rings (SSSR count). The zero-order valence-electron chi connectivity index (χ0n) is 9.19. The van der Waals surface area contributed by atoms with Gasteiger partial charge in [-0.25, -0.2) is 4.39 Å². The number of hydrogen-bond acceptors (Lipinski definition) is 2. The van der Waals surface area contributed by atoms with Gasteiger partial charge in [0.15, 0.2) is 0 Å². The van der Waals surface area contributed by atoms with E-state index in [9.17, 15) is 9.18 Å². The molecule has 0 saturated carbocycles. The van der Waals surface area contributed by atoms with E-state index in [-0.39, 0.29) is 17.8 Å². The normalized spacial score (nSPS) is 25.2. The Hall–Kier alpha value is -1.42. The second-order valence-electron chi connectivity index (χ2n) is 4.29. The number of rotatable bonds is 2. The molecule has 0 spiro atoms. The fourth-order valence-electron chi connectivity index (χ4n) is 2.09. The van der Waals surface area contributed by atoms with Gasteiger partial charge in [0.1, 0.15) is 5.82 Å². The Morgan fingerprint density at radius 1 is 1.56 bits per heavy atom. The third kappa shape index (κ3) is 2.07. The van der Waals surface area contributed by atoms with Crippen molar-refractivity contribution >= 4 is 5.91 Å². The summed E-state index contributed by atoms with van der Waals surface area (Å²) in [5, 5.41) is 0. The molecule has 2 atom stereocenters. The maximum atomic E-state index is 13.0. The van der Waals surface area contributed by atoms with E-state index in [4.69, 9.17) is 5.73 Å². The molecular weight excluding hydrogens is 207 g/mol. The summed E-state index contributed by atoms with van der Waals surface area (Å²) in [6, 6.07) is 6.03. The molecule has 1 aliphatic rings. The Morgan fingerprint density at radius 3 is 2.88 bits per heavy atom. The monoisotopic (exact) mass is 222 g/mol. The van der Waals surface area contributed by atoms with Crippen molar-refractivity contribution in [2.45, 2.75) is 32.0 Å². The number of nitrogens with two attached hydrogens (primary N) is 1. The van der Waals surface area contributed by atoms with Gasteiger partial charge in [0.05, 0.1) is 6.04 Å². The number of likely N-dealkylation sites (tertiary alicyclic amines) is 1. The van der Waals surface area contributed by atoms with Crippen LogP contribution in [0.4, 0.5) is 4.39 Å². The smallest absolute Gasteiger partial charge is 0.240 e. The highest BCUT2D eigenvalue weighted by Crippen LogP contribution is 2.20. The van der Waals surface area contributed by atoms with Gasteiger partial charge in [-0.1, -0.05) is 12.1 Å². The predicted octanol–water partition coefficient (Wildman–Crippen LogP) is 1.27. The molecule has 0 aromatic heterocycles. The van der Waals surface area contributed by atoms with Crippen LogP contribution >= 0.6 is 0 Å². The van der Waals surface area contributed by atoms with Crippen LogP contribution in [0.2, 0.25) is 0 Å². The van der Waals surface area contributed by atoms with E-state index in [1.54, 1.807) is 11.0 Å². The Bertz CT molecular complexity index is 408. The van der Waals surface area contributed by atoms with Gasteiger partial charge < -0.3 is 10.6 Å². The third-order valence-electron chi connectivity index (χ3n) is 2.97. The Balaban J connectivity index is 2.13. The van der Waals surface area contributed by atoms with Gasteiger partial charge in [0.25, 0.3) is 0 Å². The molecule has 1 saturated heterocycles. The van der Waals surface area contributed by atoms with Gasteiger partial charge in [0, 0.05) is 12.6 Å². The summed E-state index contributed by atoms with van der Waals surface area (Å²) in [5.41, 5.74) is 6.48. The van der Waals surface area contributed by atoms with Gasteiger partial charge in [-0.15, -0.1) is 0 Å². The lowest BCUT2D eigenvalue weighted by molar-refractivity contribution is -0.130. The molecule has 0 unspecified atom stereocenters. The number of benzene rings is 1. The van der Waals surface area contributed by atoms with Crippen molar-refractivity contribution in [3.05, 3.63) is 35.6 Å².